The fourth-order valence-corrected chi connectivity index (χ4v) is 2.90. The lowest BCUT2D eigenvalue weighted by molar-refractivity contribution is 0.181. The van der Waals surface area contributed by atoms with E-state index >= 15 is 0 Å². The molecule has 1 N–H and O–H groups in total. The summed E-state index contributed by atoms with van der Waals surface area (Å²) in [6.45, 7) is 9.44. The Hall–Kier alpha value is -0.860. The highest BCUT2D eigenvalue weighted by molar-refractivity contribution is 5.30. The Morgan fingerprint density at radius 3 is 2.56 bits per heavy atom. The molecular formula is C16H25NO. The highest BCUT2D eigenvalue weighted by atomic mass is 16.5. The number of rotatable bonds is 5. The van der Waals surface area contributed by atoms with Crippen LogP contribution in [0, 0.1) is 19.8 Å². The minimum Gasteiger partial charge on any atom is -0.381 e. The third-order valence-corrected chi connectivity index (χ3v) is 3.69. The first kappa shape index (κ1) is 13.6. The second kappa shape index (κ2) is 6.35. The molecule has 0 bridgehead atoms. The molecule has 1 heterocycles. The Morgan fingerprint density at radius 1 is 1.28 bits per heavy atom. The molecule has 1 aliphatic heterocycles. The number of ether oxygens (including phenoxy) is 1. The average Bonchev–Trinajstić information content (AvgIpc) is 2.80. The fraction of sp³-hybridized carbons (Fsp3) is 0.625. The summed E-state index contributed by atoms with van der Waals surface area (Å²) in [4.78, 5) is 0. The second-order valence-corrected chi connectivity index (χ2v) is 5.50. The van der Waals surface area contributed by atoms with Crippen LogP contribution in [0.4, 0.5) is 0 Å². The van der Waals surface area contributed by atoms with Gasteiger partial charge in [0.15, 0.2) is 0 Å². The molecule has 0 aliphatic carbocycles. The van der Waals surface area contributed by atoms with Gasteiger partial charge in [0, 0.05) is 19.3 Å². The molecule has 1 saturated heterocycles. The lowest BCUT2D eigenvalue weighted by Crippen LogP contribution is -2.24. The van der Waals surface area contributed by atoms with Crippen molar-refractivity contribution in [3.63, 3.8) is 0 Å². The molecule has 2 unspecified atom stereocenters. The van der Waals surface area contributed by atoms with Gasteiger partial charge in [-0.2, -0.15) is 0 Å². The zero-order valence-corrected chi connectivity index (χ0v) is 11.8. The Morgan fingerprint density at radius 2 is 2.00 bits per heavy atom. The van der Waals surface area contributed by atoms with Crippen LogP contribution in [0.5, 0.6) is 0 Å². The number of aryl methyl sites for hydroxylation is 2. The summed E-state index contributed by atoms with van der Waals surface area (Å²) >= 11 is 0. The van der Waals surface area contributed by atoms with Gasteiger partial charge in [-0.05, 0) is 44.7 Å². The molecule has 0 radical (unpaired) electrons. The Kier molecular flexibility index (Phi) is 4.79. The van der Waals surface area contributed by atoms with Crippen LogP contribution < -0.4 is 5.32 Å². The maximum Gasteiger partial charge on any atom is 0.0495 e. The first-order chi connectivity index (χ1) is 8.69. The van der Waals surface area contributed by atoms with Crippen LogP contribution in [-0.4, -0.2) is 19.8 Å². The van der Waals surface area contributed by atoms with Crippen molar-refractivity contribution in [2.75, 3.05) is 19.8 Å². The smallest absolute Gasteiger partial charge is 0.0495 e. The van der Waals surface area contributed by atoms with Crippen LogP contribution in [-0.2, 0) is 4.74 Å². The number of benzene rings is 1. The highest BCUT2D eigenvalue weighted by Crippen LogP contribution is 2.27. The van der Waals surface area contributed by atoms with E-state index in [1.54, 1.807) is 0 Å². The van der Waals surface area contributed by atoms with Crippen LogP contribution in [0.2, 0.25) is 0 Å². The van der Waals surface area contributed by atoms with E-state index in [0.29, 0.717) is 6.04 Å². The first-order valence-electron chi connectivity index (χ1n) is 7.08. The molecule has 1 aromatic rings. The van der Waals surface area contributed by atoms with Crippen LogP contribution in [0.25, 0.3) is 0 Å². The summed E-state index contributed by atoms with van der Waals surface area (Å²) in [7, 11) is 0. The number of nitrogens with one attached hydrogen (secondary N) is 1. The van der Waals surface area contributed by atoms with Crippen molar-refractivity contribution in [2.24, 2.45) is 5.92 Å². The Bertz CT molecular complexity index is 362. The third kappa shape index (κ3) is 3.56. The molecule has 100 valence electrons. The molecule has 2 heteroatoms. The van der Waals surface area contributed by atoms with Gasteiger partial charge in [-0.15, -0.1) is 0 Å². The largest absolute Gasteiger partial charge is 0.381 e. The lowest BCUT2D eigenvalue weighted by Gasteiger charge is -2.22. The van der Waals surface area contributed by atoms with Crippen LogP contribution in [0.15, 0.2) is 18.2 Å². The van der Waals surface area contributed by atoms with Gasteiger partial charge < -0.3 is 10.1 Å². The molecule has 2 atom stereocenters. The summed E-state index contributed by atoms with van der Waals surface area (Å²) in [5.74, 6) is 0.717. The van der Waals surface area contributed by atoms with E-state index in [9.17, 15) is 0 Å². The fourth-order valence-electron chi connectivity index (χ4n) is 2.90. The predicted molar refractivity (Wildman–Crippen MR) is 75.9 cm³/mol. The lowest BCUT2D eigenvalue weighted by atomic mass is 9.92. The van der Waals surface area contributed by atoms with Crippen molar-refractivity contribution < 1.29 is 4.74 Å². The van der Waals surface area contributed by atoms with E-state index in [4.69, 9.17) is 4.74 Å². The van der Waals surface area contributed by atoms with Crippen molar-refractivity contribution in [1.29, 1.82) is 0 Å². The summed E-state index contributed by atoms with van der Waals surface area (Å²) in [6, 6.07) is 7.34. The summed E-state index contributed by atoms with van der Waals surface area (Å²) < 4.78 is 5.49. The van der Waals surface area contributed by atoms with Gasteiger partial charge >= 0.3 is 0 Å². The topological polar surface area (TPSA) is 21.3 Å². The average molecular weight is 247 g/mol. The van der Waals surface area contributed by atoms with Gasteiger partial charge in [-0.25, -0.2) is 0 Å². The van der Waals surface area contributed by atoms with Gasteiger partial charge in [0.1, 0.15) is 0 Å². The maximum absolute atomic E-state index is 5.49. The maximum atomic E-state index is 5.49. The molecule has 18 heavy (non-hydrogen) atoms. The standard InChI is InChI=1S/C16H25NO/c1-4-17-16(10-14-5-6-18-11-14)15-8-12(2)7-13(3)9-15/h7-9,14,16-17H,4-6,10-11H2,1-3H3. The molecule has 1 aromatic carbocycles. The van der Waals surface area contributed by atoms with Crippen molar-refractivity contribution >= 4 is 0 Å². The monoisotopic (exact) mass is 247 g/mol. The molecule has 1 aliphatic rings. The van der Waals surface area contributed by atoms with Gasteiger partial charge in [-0.3, -0.25) is 0 Å². The molecular weight excluding hydrogens is 222 g/mol. The zero-order chi connectivity index (χ0) is 13.0. The molecule has 0 aromatic heterocycles. The van der Waals surface area contributed by atoms with Crippen molar-refractivity contribution in [2.45, 2.75) is 39.7 Å². The van der Waals surface area contributed by atoms with E-state index in [2.05, 4.69) is 44.3 Å². The van der Waals surface area contributed by atoms with Gasteiger partial charge in [0.25, 0.3) is 0 Å². The van der Waals surface area contributed by atoms with Crippen molar-refractivity contribution in [1.82, 2.24) is 5.32 Å². The predicted octanol–water partition coefficient (Wildman–Crippen LogP) is 3.38. The number of hydrogen-bond acceptors (Lipinski definition) is 2. The molecule has 2 rings (SSSR count). The number of hydrogen-bond donors (Lipinski definition) is 1. The van der Waals surface area contributed by atoms with Crippen molar-refractivity contribution in [3.05, 3.63) is 34.9 Å². The van der Waals surface area contributed by atoms with Crippen LogP contribution >= 0.6 is 0 Å². The second-order valence-electron chi connectivity index (χ2n) is 5.50. The van der Waals surface area contributed by atoms with Crippen LogP contribution in [0.1, 0.15) is 42.5 Å². The van der Waals surface area contributed by atoms with E-state index < -0.39 is 0 Å². The van der Waals surface area contributed by atoms with E-state index in [0.717, 1.165) is 25.7 Å². The Balaban J connectivity index is 2.11. The van der Waals surface area contributed by atoms with E-state index in [1.807, 2.05) is 0 Å². The zero-order valence-electron chi connectivity index (χ0n) is 11.8. The van der Waals surface area contributed by atoms with Crippen LogP contribution in [0.3, 0.4) is 0 Å². The summed E-state index contributed by atoms with van der Waals surface area (Å²) in [5, 5.41) is 3.62. The molecule has 0 saturated carbocycles. The first-order valence-corrected chi connectivity index (χ1v) is 7.08. The van der Waals surface area contributed by atoms with Gasteiger partial charge in [-0.1, -0.05) is 36.2 Å². The summed E-state index contributed by atoms with van der Waals surface area (Å²) in [5.41, 5.74) is 4.15. The van der Waals surface area contributed by atoms with Gasteiger partial charge in [0.2, 0.25) is 0 Å². The molecule has 1 fully saturated rings. The normalized spacial score (nSPS) is 21.2. The summed E-state index contributed by atoms with van der Waals surface area (Å²) in [6.07, 6.45) is 2.41. The minimum absolute atomic E-state index is 0.472. The third-order valence-electron chi connectivity index (χ3n) is 3.69. The van der Waals surface area contributed by atoms with Crippen molar-refractivity contribution in [3.8, 4) is 0 Å². The van der Waals surface area contributed by atoms with E-state index in [1.165, 1.54) is 29.5 Å². The van der Waals surface area contributed by atoms with Gasteiger partial charge in [0.05, 0.1) is 0 Å². The Labute approximate surface area is 111 Å². The molecule has 2 nitrogen and oxygen atoms in total. The quantitative estimate of drug-likeness (QED) is 0.861. The van der Waals surface area contributed by atoms with E-state index in [-0.39, 0.29) is 0 Å². The highest BCUT2D eigenvalue weighted by Gasteiger charge is 2.21. The molecule has 0 amide bonds. The minimum atomic E-state index is 0.472. The molecule has 0 spiro atoms. The SMILES string of the molecule is CCNC(CC1CCOC1)c1cc(C)cc(C)c1.